The predicted octanol–water partition coefficient (Wildman–Crippen LogP) is -1.90. The second-order valence-corrected chi connectivity index (χ2v) is 5.25. The first kappa shape index (κ1) is 21.0. The fraction of sp³-hybridized carbons (Fsp3) is 0.643. The molecule has 0 bridgehead atoms. The number of carbonyl (C=O) groups is 5. The number of aliphatic hydroxyl groups excluding tert-OH is 1. The van der Waals surface area contributed by atoms with Crippen LogP contribution in [-0.4, -0.2) is 67.8 Å². The minimum Gasteiger partial charge on any atom is -0.456 e. The van der Waals surface area contributed by atoms with Gasteiger partial charge in [-0.1, -0.05) is 0 Å². The lowest BCUT2D eigenvalue weighted by Crippen LogP contribution is -2.74. The van der Waals surface area contributed by atoms with Crippen LogP contribution in [0, 0.1) is 0 Å². The van der Waals surface area contributed by atoms with Gasteiger partial charge in [0.2, 0.25) is 17.0 Å². The Morgan fingerprint density at radius 1 is 0.913 bits per heavy atom. The van der Waals surface area contributed by atoms with E-state index >= 15 is 0 Å². The Morgan fingerprint density at radius 2 is 1.35 bits per heavy atom. The van der Waals surface area contributed by atoms with Crippen molar-refractivity contribution in [3.8, 4) is 0 Å². The lowest BCUT2D eigenvalue weighted by Gasteiger charge is -2.43. The van der Waals surface area contributed by atoms with Crippen LogP contribution in [0.25, 0.3) is 0 Å². The van der Waals surface area contributed by atoms with Crippen molar-refractivity contribution in [1.82, 2.24) is 0 Å². The topological polar surface area (TPSA) is 155 Å². The normalized spacial score (nSPS) is 18.8. The summed E-state index contributed by atoms with van der Waals surface area (Å²) in [5.74, 6) is -6.91. The quantitative estimate of drug-likeness (QED) is 0.262. The molecule has 0 unspecified atom stereocenters. The van der Waals surface area contributed by atoms with Crippen molar-refractivity contribution in [2.45, 2.75) is 58.0 Å². The van der Waals surface area contributed by atoms with Crippen molar-refractivity contribution >= 4 is 29.1 Å². The third-order valence-corrected chi connectivity index (χ3v) is 3.39. The van der Waals surface area contributed by atoms with Gasteiger partial charge in [0, 0.05) is 13.8 Å². The number of ketones is 4. The standard InChI is InChI=1S/C14H20O9/c1-6(15)11(20)13(21,8(3)17)14(22,9(4)18)12(7(2)16)23-10(5)19/h7,12,16,21-22H,1-5H3/t7-,12+,13+,14+/m0/s1. The molecule has 0 amide bonds. The number of hydrogen-bond acceptors (Lipinski definition) is 9. The highest BCUT2D eigenvalue weighted by atomic mass is 16.6. The zero-order valence-corrected chi connectivity index (χ0v) is 13.4. The number of ether oxygens (including phenoxy) is 1. The van der Waals surface area contributed by atoms with Crippen LogP contribution in [0.1, 0.15) is 34.6 Å². The number of rotatable bonds is 8. The van der Waals surface area contributed by atoms with Gasteiger partial charge in [-0.25, -0.2) is 0 Å². The minimum absolute atomic E-state index is 0.668. The van der Waals surface area contributed by atoms with E-state index in [0.29, 0.717) is 13.8 Å². The van der Waals surface area contributed by atoms with Crippen LogP contribution in [0.5, 0.6) is 0 Å². The molecule has 0 saturated heterocycles. The summed E-state index contributed by atoms with van der Waals surface area (Å²) < 4.78 is 4.63. The largest absolute Gasteiger partial charge is 0.456 e. The van der Waals surface area contributed by atoms with Gasteiger partial charge in [0.25, 0.3) is 0 Å². The van der Waals surface area contributed by atoms with Crippen LogP contribution < -0.4 is 0 Å². The number of esters is 1. The van der Waals surface area contributed by atoms with Gasteiger partial charge in [0.1, 0.15) is 0 Å². The molecule has 4 atom stereocenters. The van der Waals surface area contributed by atoms with Gasteiger partial charge < -0.3 is 20.1 Å². The molecular formula is C14H20O9. The summed E-state index contributed by atoms with van der Waals surface area (Å²) >= 11 is 0. The first-order chi connectivity index (χ1) is 10.2. The van der Waals surface area contributed by atoms with E-state index in [9.17, 15) is 39.3 Å². The molecule has 0 aromatic heterocycles. The molecule has 0 aliphatic carbocycles. The van der Waals surface area contributed by atoms with Gasteiger partial charge in [-0.05, 0) is 20.8 Å². The van der Waals surface area contributed by atoms with Crippen molar-refractivity contribution in [2.75, 3.05) is 0 Å². The fourth-order valence-corrected chi connectivity index (χ4v) is 2.23. The predicted molar refractivity (Wildman–Crippen MR) is 74.2 cm³/mol. The van der Waals surface area contributed by atoms with E-state index in [4.69, 9.17) is 0 Å². The summed E-state index contributed by atoms with van der Waals surface area (Å²) in [5.41, 5.74) is -6.86. The molecule has 9 heteroatoms. The first-order valence-electron chi connectivity index (χ1n) is 6.62. The molecule has 3 N–H and O–H groups in total. The molecule has 0 aromatic rings. The van der Waals surface area contributed by atoms with Gasteiger partial charge in [-0.15, -0.1) is 0 Å². The summed E-state index contributed by atoms with van der Waals surface area (Å²) in [4.78, 5) is 58.3. The van der Waals surface area contributed by atoms with Gasteiger partial charge >= 0.3 is 5.97 Å². The van der Waals surface area contributed by atoms with Crippen LogP contribution in [-0.2, 0) is 28.7 Å². The molecule has 0 rings (SSSR count). The molecule has 0 radical (unpaired) electrons. The highest BCUT2D eigenvalue weighted by molar-refractivity contribution is 6.45. The lowest BCUT2D eigenvalue weighted by atomic mass is 9.69. The number of carbonyl (C=O) groups excluding carboxylic acids is 5. The van der Waals surface area contributed by atoms with Crippen LogP contribution in [0.3, 0.4) is 0 Å². The van der Waals surface area contributed by atoms with E-state index in [0.717, 1.165) is 20.8 Å². The van der Waals surface area contributed by atoms with Crippen molar-refractivity contribution in [3.63, 3.8) is 0 Å². The molecule has 0 heterocycles. The summed E-state index contributed by atoms with van der Waals surface area (Å²) in [5, 5.41) is 30.8. The van der Waals surface area contributed by atoms with Crippen LogP contribution in [0.2, 0.25) is 0 Å². The van der Waals surface area contributed by atoms with Gasteiger partial charge in [0.05, 0.1) is 6.10 Å². The molecule has 9 nitrogen and oxygen atoms in total. The highest BCUT2D eigenvalue weighted by Gasteiger charge is 2.67. The lowest BCUT2D eigenvalue weighted by molar-refractivity contribution is -0.221. The average Bonchev–Trinajstić information content (AvgIpc) is 2.40. The van der Waals surface area contributed by atoms with Crippen molar-refractivity contribution in [2.24, 2.45) is 0 Å². The molecule has 0 saturated carbocycles. The van der Waals surface area contributed by atoms with E-state index in [1.54, 1.807) is 0 Å². The van der Waals surface area contributed by atoms with Gasteiger partial charge in [-0.2, -0.15) is 0 Å². The average molecular weight is 332 g/mol. The number of Topliss-reactive ketones (excluding diaryl/α,β-unsaturated/α-hetero) is 4. The summed E-state index contributed by atoms with van der Waals surface area (Å²) in [6, 6.07) is 0. The van der Waals surface area contributed by atoms with E-state index in [2.05, 4.69) is 4.74 Å². The smallest absolute Gasteiger partial charge is 0.303 e. The maximum absolute atomic E-state index is 12.0. The minimum atomic E-state index is -3.51. The molecule has 0 spiro atoms. The second-order valence-electron chi connectivity index (χ2n) is 5.25. The molecule has 0 fully saturated rings. The molecule has 23 heavy (non-hydrogen) atoms. The van der Waals surface area contributed by atoms with E-state index < -0.39 is 52.5 Å². The summed E-state index contributed by atoms with van der Waals surface area (Å²) in [7, 11) is 0. The van der Waals surface area contributed by atoms with E-state index in [1.807, 2.05) is 0 Å². The Labute approximate surface area is 132 Å². The second kappa shape index (κ2) is 7.07. The van der Waals surface area contributed by atoms with Crippen LogP contribution in [0.15, 0.2) is 0 Å². The van der Waals surface area contributed by atoms with Crippen LogP contribution in [0.4, 0.5) is 0 Å². The Bertz CT molecular complexity index is 550. The fourth-order valence-electron chi connectivity index (χ4n) is 2.23. The number of hydrogen-bond donors (Lipinski definition) is 3. The Balaban J connectivity index is 6.62. The highest BCUT2D eigenvalue weighted by Crippen LogP contribution is 2.33. The number of aliphatic hydroxyl groups is 3. The molecule has 0 aliphatic heterocycles. The Kier molecular flexibility index (Phi) is 6.46. The SMILES string of the molecule is CC(=O)O[C@H]([C@H](C)O)[C@](O)(C(C)=O)[C@@](O)(C(C)=O)C(=O)C(C)=O. The maximum Gasteiger partial charge on any atom is 0.303 e. The zero-order chi connectivity index (χ0) is 18.7. The van der Waals surface area contributed by atoms with Crippen molar-refractivity contribution in [1.29, 1.82) is 0 Å². The van der Waals surface area contributed by atoms with Gasteiger partial charge in [0.15, 0.2) is 23.5 Å². The van der Waals surface area contributed by atoms with Gasteiger partial charge in [-0.3, -0.25) is 24.0 Å². The Hall–Kier alpha value is -1.97. The molecule has 130 valence electrons. The monoisotopic (exact) mass is 332 g/mol. The first-order valence-corrected chi connectivity index (χ1v) is 6.62. The van der Waals surface area contributed by atoms with Crippen LogP contribution >= 0.6 is 0 Å². The van der Waals surface area contributed by atoms with E-state index in [1.165, 1.54) is 0 Å². The molecule has 0 aliphatic rings. The Morgan fingerprint density at radius 3 is 1.57 bits per heavy atom. The molecular weight excluding hydrogens is 312 g/mol. The van der Waals surface area contributed by atoms with E-state index in [-0.39, 0.29) is 0 Å². The zero-order valence-electron chi connectivity index (χ0n) is 13.4. The maximum atomic E-state index is 12.0. The third-order valence-electron chi connectivity index (χ3n) is 3.39. The summed E-state index contributed by atoms with van der Waals surface area (Å²) in [6.45, 7) is 3.98. The van der Waals surface area contributed by atoms with Crippen molar-refractivity contribution < 1.29 is 44.0 Å². The summed E-state index contributed by atoms with van der Waals surface area (Å²) in [6.07, 6.45) is -3.91. The molecule has 0 aromatic carbocycles. The third kappa shape index (κ3) is 3.52. The van der Waals surface area contributed by atoms with Crippen molar-refractivity contribution in [3.05, 3.63) is 0 Å².